The van der Waals surface area contributed by atoms with Crippen LogP contribution in [0.2, 0.25) is 0 Å². The van der Waals surface area contributed by atoms with E-state index in [1.54, 1.807) is 0 Å². The highest BCUT2D eigenvalue weighted by Gasteiger charge is 2.30. The van der Waals surface area contributed by atoms with Gasteiger partial charge in [0.15, 0.2) is 0 Å². The molecule has 2 heterocycles. The van der Waals surface area contributed by atoms with Gasteiger partial charge in [0.25, 0.3) is 0 Å². The van der Waals surface area contributed by atoms with Gasteiger partial charge in [-0.3, -0.25) is 9.59 Å². The SMILES string of the molecule is CCCCC(=O)NC1CCN(C(=O)[C@@H](Cc2ccccc2)n2cnnn2)CC1. The summed E-state index contributed by atoms with van der Waals surface area (Å²) in [6, 6.07) is 9.57. The Morgan fingerprint density at radius 2 is 1.96 bits per heavy atom. The van der Waals surface area contributed by atoms with E-state index in [0.717, 1.165) is 31.2 Å². The quantitative estimate of drug-likeness (QED) is 0.748. The smallest absolute Gasteiger partial charge is 0.247 e. The average molecular weight is 384 g/mol. The molecule has 0 aliphatic carbocycles. The minimum Gasteiger partial charge on any atom is -0.353 e. The summed E-state index contributed by atoms with van der Waals surface area (Å²) >= 11 is 0. The molecule has 1 fully saturated rings. The van der Waals surface area contributed by atoms with E-state index in [0.29, 0.717) is 25.9 Å². The lowest BCUT2D eigenvalue weighted by atomic mass is 10.0. The maximum absolute atomic E-state index is 13.2. The van der Waals surface area contributed by atoms with Gasteiger partial charge in [-0.25, -0.2) is 4.68 Å². The average Bonchev–Trinajstić information content (AvgIpc) is 3.26. The third-order valence-corrected chi connectivity index (χ3v) is 5.17. The van der Waals surface area contributed by atoms with Crippen molar-refractivity contribution in [1.82, 2.24) is 30.4 Å². The van der Waals surface area contributed by atoms with Crippen LogP contribution >= 0.6 is 0 Å². The Bertz CT molecular complexity index is 741. The number of nitrogens with zero attached hydrogens (tertiary/aromatic N) is 5. The van der Waals surface area contributed by atoms with Crippen molar-refractivity contribution < 1.29 is 9.59 Å². The van der Waals surface area contributed by atoms with Crippen LogP contribution in [0.3, 0.4) is 0 Å². The van der Waals surface area contributed by atoms with E-state index in [9.17, 15) is 9.59 Å². The number of amides is 2. The number of aromatic nitrogens is 4. The lowest BCUT2D eigenvalue weighted by Crippen LogP contribution is -2.48. The van der Waals surface area contributed by atoms with Crippen molar-refractivity contribution >= 4 is 11.8 Å². The number of hydrogen-bond acceptors (Lipinski definition) is 5. The molecule has 1 aromatic heterocycles. The van der Waals surface area contributed by atoms with Gasteiger partial charge in [0.2, 0.25) is 11.8 Å². The Kier molecular flexibility index (Phi) is 7.11. The second-order valence-corrected chi connectivity index (χ2v) is 7.27. The second-order valence-electron chi connectivity index (χ2n) is 7.27. The first kappa shape index (κ1) is 20.0. The van der Waals surface area contributed by atoms with E-state index in [4.69, 9.17) is 0 Å². The van der Waals surface area contributed by atoms with Crippen molar-refractivity contribution in [3.63, 3.8) is 0 Å². The zero-order valence-corrected chi connectivity index (χ0v) is 16.3. The van der Waals surface area contributed by atoms with Gasteiger partial charge in [0.05, 0.1) is 0 Å². The zero-order chi connectivity index (χ0) is 19.8. The Balaban J connectivity index is 1.59. The maximum atomic E-state index is 13.2. The normalized spacial score (nSPS) is 16.0. The van der Waals surface area contributed by atoms with Crippen molar-refractivity contribution in [3.8, 4) is 0 Å². The van der Waals surface area contributed by atoms with Crippen LogP contribution in [0.4, 0.5) is 0 Å². The standard InChI is InChI=1S/C20H28N6O2/c1-2-3-9-19(27)22-17-10-12-25(13-11-17)20(28)18(26-15-21-23-24-26)14-16-7-5-4-6-8-16/h4-8,15,17-18H,2-3,9-14H2,1H3,(H,22,27)/t18-/m1/s1. The Labute approximate surface area is 165 Å². The third kappa shape index (κ3) is 5.37. The Morgan fingerprint density at radius 3 is 2.61 bits per heavy atom. The molecule has 0 saturated carbocycles. The first-order valence-corrected chi connectivity index (χ1v) is 10.0. The topological polar surface area (TPSA) is 93.0 Å². The molecule has 8 nitrogen and oxygen atoms in total. The maximum Gasteiger partial charge on any atom is 0.247 e. The minimum atomic E-state index is -0.465. The predicted molar refractivity (Wildman–Crippen MR) is 104 cm³/mol. The van der Waals surface area contributed by atoms with Crippen molar-refractivity contribution in [2.75, 3.05) is 13.1 Å². The molecule has 0 spiro atoms. The number of carbonyl (C=O) groups excluding carboxylic acids is 2. The first-order valence-electron chi connectivity index (χ1n) is 10.0. The van der Waals surface area contributed by atoms with Crippen molar-refractivity contribution in [3.05, 3.63) is 42.2 Å². The molecule has 3 rings (SSSR count). The lowest BCUT2D eigenvalue weighted by Gasteiger charge is -2.34. The highest BCUT2D eigenvalue weighted by molar-refractivity contribution is 5.81. The molecule has 0 bridgehead atoms. The van der Waals surface area contributed by atoms with E-state index < -0.39 is 6.04 Å². The molecule has 150 valence electrons. The van der Waals surface area contributed by atoms with Crippen LogP contribution in [-0.4, -0.2) is 56.1 Å². The Morgan fingerprint density at radius 1 is 1.21 bits per heavy atom. The molecule has 1 saturated heterocycles. The van der Waals surface area contributed by atoms with Crippen molar-refractivity contribution in [2.24, 2.45) is 0 Å². The molecule has 0 radical (unpaired) electrons. The van der Waals surface area contributed by atoms with Gasteiger partial charge in [-0.05, 0) is 35.3 Å². The van der Waals surface area contributed by atoms with Gasteiger partial charge >= 0.3 is 0 Å². The molecular weight excluding hydrogens is 356 g/mol. The monoisotopic (exact) mass is 384 g/mol. The summed E-state index contributed by atoms with van der Waals surface area (Å²) in [4.78, 5) is 27.0. The number of piperidine rings is 1. The van der Waals surface area contributed by atoms with Gasteiger partial charge in [-0.1, -0.05) is 43.7 Å². The molecule has 1 N–H and O–H groups in total. The molecule has 2 amide bonds. The zero-order valence-electron chi connectivity index (χ0n) is 16.3. The largest absolute Gasteiger partial charge is 0.353 e. The number of tetrazole rings is 1. The van der Waals surface area contributed by atoms with Crippen LogP contribution < -0.4 is 5.32 Å². The number of likely N-dealkylation sites (tertiary alicyclic amines) is 1. The summed E-state index contributed by atoms with van der Waals surface area (Å²) in [6.07, 6.45) is 6.09. The van der Waals surface area contributed by atoms with Gasteiger partial charge in [0, 0.05) is 32.0 Å². The van der Waals surface area contributed by atoms with Crippen LogP contribution in [0.25, 0.3) is 0 Å². The molecule has 0 unspecified atom stereocenters. The van der Waals surface area contributed by atoms with Crippen molar-refractivity contribution in [2.45, 2.75) is 57.5 Å². The summed E-state index contributed by atoms with van der Waals surface area (Å²) < 4.78 is 1.54. The van der Waals surface area contributed by atoms with Crippen LogP contribution in [0.1, 0.15) is 50.6 Å². The summed E-state index contributed by atoms with van der Waals surface area (Å²) in [5, 5.41) is 14.4. The van der Waals surface area contributed by atoms with E-state index in [1.165, 1.54) is 11.0 Å². The number of hydrogen-bond donors (Lipinski definition) is 1. The van der Waals surface area contributed by atoms with Crippen LogP contribution in [-0.2, 0) is 16.0 Å². The van der Waals surface area contributed by atoms with Crippen LogP contribution in [0.15, 0.2) is 36.7 Å². The van der Waals surface area contributed by atoms with E-state index >= 15 is 0 Å². The molecule has 8 heteroatoms. The fourth-order valence-electron chi connectivity index (χ4n) is 3.53. The lowest BCUT2D eigenvalue weighted by molar-refractivity contribution is -0.136. The number of unbranched alkanes of at least 4 members (excludes halogenated alkanes) is 1. The first-order chi connectivity index (χ1) is 13.7. The Hall–Kier alpha value is -2.77. The number of carbonyl (C=O) groups is 2. The number of rotatable bonds is 8. The molecule has 1 aliphatic heterocycles. The summed E-state index contributed by atoms with van der Waals surface area (Å²) in [7, 11) is 0. The van der Waals surface area contributed by atoms with Crippen molar-refractivity contribution in [1.29, 1.82) is 0 Å². The molecule has 2 aromatic rings. The molecule has 1 aliphatic rings. The van der Waals surface area contributed by atoms with E-state index in [-0.39, 0.29) is 17.9 Å². The fraction of sp³-hybridized carbons (Fsp3) is 0.550. The fourth-order valence-corrected chi connectivity index (χ4v) is 3.53. The van der Waals surface area contributed by atoms with E-state index in [2.05, 4.69) is 27.8 Å². The highest BCUT2D eigenvalue weighted by atomic mass is 16.2. The number of benzene rings is 1. The third-order valence-electron chi connectivity index (χ3n) is 5.17. The highest BCUT2D eigenvalue weighted by Crippen LogP contribution is 2.20. The predicted octanol–water partition coefficient (Wildman–Crippen LogP) is 1.75. The summed E-state index contributed by atoms with van der Waals surface area (Å²) in [5.41, 5.74) is 1.06. The van der Waals surface area contributed by atoms with Crippen LogP contribution in [0, 0.1) is 0 Å². The van der Waals surface area contributed by atoms with Gasteiger partial charge in [0.1, 0.15) is 12.4 Å². The minimum absolute atomic E-state index is 0.0203. The summed E-state index contributed by atoms with van der Waals surface area (Å²) in [5.74, 6) is 0.134. The van der Waals surface area contributed by atoms with Gasteiger partial charge < -0.3 is 10.2 Å². The molecule has 1 aromatic carbocycles. The van der Waals surface area contributed by atoms with Gasteiger partial charge in [-0.2, -0.15) is 0 Å². The van der Waals surface area contributed by atoms with Gasteiger partial charge in [-0.15, -0.1) is 5.10 Å². The molecular formula is C20H28N6O2. The summed E-state index contributed by atoms with van der Waals surface area (Å²) in [6.45, 7) is 3.34. The van der Waals surface area contributed by atoms with Crippen LogP contribution in [0.5, 0.6) is 0 Å². The number of nitrogens with one attached hydrogen (secondary N) is 1. The second kappa shape index (κ2) is 9.96. The molecule has 1 atom stereocenters. The van der Waals surface area contributed by atoms with E-state index in [1.807, 2.05) is 35.2 Å². The molecule has 28 heavy (non-hydrogen) atoms.